The second kappa shape index (κ2) is 14.7. The molecule has 0 saturated heterocycles. The second-order valence-corrected chi connectivity index (χ2v) is 16.1. The van der Waals surface area contributed by atoms with Crippen LogP contribution in [0.15, 0.2) is 0 Å². The van der Waals surface area contributed by atoms with Crippen molar-refractivity contribution in [3.8, 4) is 0 Å². The Bertz CT molecular complexity index is 193. The van der Waals surface area contributed by atoms with Gasteiger partial charge in [-0.15, -0.1) is 0 Å². The van der Waals surface area contributed by atoms with E-state index >= 15 is 0 Å². The van der Waals surface area contributed by atoms with E-state index in [1.54, 1.807) is 8.35 Å². The van der Waals surface area contributed by atoms with Crippen molar-refractivity contribution in [1.82, 2.24) is 9.80 Å². The summed E-state index contributed by atoms with van der Waals surface area (Å²) in [5.41, 5.74) is 0. The van der Waals surface area contributed by atoms with Gasteiger partial charge in [-0.1, -0.05) is 0 Å². The summed E-state index contributed by atoms with van der Waals surface area (Å²) in [6, 6.07) is 0. The van der Waals surface area contributed by atoms with Gasteiger partial charge in [-0.25, -0.2) is 0 Å². The van der Waals surface area contributed by atoms with Crippen molar-refractivity contribution in [2.24, 2.45) is 0 Å². The first-order chi connectivity index (χ1) is 9.63. The van der Waals surface area contributed by atoms with Gasteiger partial charge in [-0.3, -0.25) is 0 Å². The Morgan fingerprint density at radius 1 is 0.700 bits per heavy atom. The molecule has 120 valence electrons. The standard InChI is InChI=1S/C9H20N.C7H16N.CH3.In/c1-4-7-10(8-5-2)9-6-3;1-4-6-8(3)7-5-2;;/h1,4-9H2,2-3H3;1,4-7H2,2-3H3;1H3;. The summed E-state index contributed by atoms with van der Waals surface area (Å²) in [6.45, 7) is 13.4. The van der Waals surface area contributed by atoms with E-state index in [1.165, 1.54) is 64.8 Å². The Hall–Kier alpha value is 0.790. The summed E-state index contributed by atoms with van der Waals surface area (Å²) in [4.78, 5) is 5.18. The molecule has 0 aliphatic rings. The molecule has 0 aromatic rings. The molecule has 0 unspecified atom stereocenters. The van der Waals surface area contributed by atoms with Crippen molar-refractivity contribution >= 4 is 21.4 Å². The Balaban J connectivity index is 3.58. The van der Waals surface area contributed by atoms with Crippen LogP contribution in [-0.2, 0) is 0 Å². The maximum absolute atomic E-state index is 2.67. The third-order valence-electron chi connectivity index (χ3n) is 4.09. The van der Waals surface area contributed by atoms with E-state index in [1.807, 2.05) is 0 Å². The molecule has 20 heavy (non-hydrogen) atoms. The van der Waals surface area contributed by atoms with Crippen molar-refractivity contribution in [2.75, 3.05) is 39.8 Å². The molecule has 0 aromatic heterocycles. The zero-order valence-corrected chi connectivity index (χ0v) is 18.3. The molecule has 0 saturated carbocycles. The van der Waals surface area contributed by atoms with Crippen LogP contribution in [0.1, 0.15) is 52.9 Å². The molecule has 2 nitrogen and oxygen atoms in total. The Kier molecular flexibility index (Phi) is 15.3. The first-order valence-electron chi connectivity index (χ1n) is 9.04. The quantitative estimate of drug-likeness (QED) is 0.438. The Morgan fingerprint density at radius 3 is 1.70 bits per heavy atom. The summed E-state index contributed by atoms with van der Waals surface area (Å²) in [5.74, 6) is 0. The molecule has 0 aliphatic heterocycles. The summed E-state index contributed by atoms with van der Waals surface area (Å²) < 4.78 is 5.87. The van der Waals surface area contributed by atoms with Crippen LogP contribution in [0.3, 0.4) is 0 Å². The number of hydrogen-bond acceptors (Lipinski definition) is 2. The fraction of sp³-hybridized carbons (Fsp3) is 1.00. The minimum atomic E-state index is -1.11. The fourth-order valence-electron chi connectivity index (χ4n) is 2.98. The molecule has 0 bridgehead atoms. The molecule has 3 heteroatoms. The van der Waals surface area contributed by atoms with E-state index in [9.17, 15) is 0 Å². The molecule has 0 fully saturated rings. The SMILES string of the molecule is CCCN(C)CC[CH2][In]([CH3])[CH2]CCN(CCC)CCC. The summed E-state index contributed by atoms with van der Waals surface area (Å²) >= 11 is -1.11. The molecule has 0 N–H and O–H groups in total. The third-order valence-corrected chi connectivity index (χ3v) is 12.0. The van der Waals surface area contributed by atoms with Gasteiger partial charge in [0.15, 0.2) is 0 Å². The molecular weight excluding hydrogens is 347 g/mol. The van der Waals surface area contributed by atoms with Crippen LogP contribution in [0.5, 0.6) is 0 Å². The van der Waals surface area contributed by atoms with Crippen molar-refractivity contribution in [3.63, 3.8) is 0 Å². The van der Waals surface area contributed by atoms with Crippen molar-refractivity contribution in [2.45, 2.75) is 65.9 Å². The van der Waals surface area contributed by atoms with Crippen molar-refractivity contribution in [1.29, 1.82) is 0 Å². The number of nitrogens with zero attached hydrogens (tertiary/aromatic N) is 2. The normalized spacial score (nSPS) is 11.6. The van der Waals surface area contributed by atoms with Crippen LogP contribution in [-0.4, -0.2) is 71.0 Å². The first kappa shape index (κ1) is 20.8. The van der Waals surface area contributed by atoms with Crippen molar-refractivity contribution < 1.29 is 0 Å². The molecule has 0 radical (unpaired) electrons. The van der Waals surface area contributed by atoms with Crippen molar-refractivity contribution in [3.05, 3.63) is 0 Å². The maximum atomic E-state index is 2.67. The van der Waals surface area contributed by atoms with Crippen LogP contribution in [0.25, 0.3) is 0 Å². The summed E-state index contributed by atoms with van der Waals surface area (Å²) in [7, 11) is 2.27. The molecule has 0 aliphatic carbocycles. The van der Waals surface area contributed by atoms with E-state index in [4.69, 9.17) is 0 Å². The molecule has 0 spiro atoms. The van der Waals surface area contributed by atoms with E-state index in [-0.39, 0.29) is 0 Å². The van der Waals surface area contributed by atoms with Gasteiger partial charge in [-0.2, -0.15) is 0 Å². The van der Waals surface area contributed by atoms with Gasteiger partial charge in [0.25, 0.3) is 0 Å². The monoisotopic (exact) mass is 386 g/mol. The van der Waals surface area contributed by atoms with Crippen LogP contribution in [0.4, 0.5) is 0 Å². The average molecular weight is 386 g/mol. The molecular formula is C17H39InN2. The zero-order valence-electron chi connectivity index (χ0n) is 15.0. The van der Waals surface area contributed by atoms with Crippen LogP contribution < -0.4 is 0 Å². The van der Waals surface area contributed by atoms with Crippen LogP contribution in [0, 0.1) is 0 Å². The van der Waals surface area contributed by atoms with Gasteiger partial charge < -0.3 is 0 Å². The Labute approximate surface area is 136 Å². The molecule has 0 aromatic carbocycles. The molecule has 0 heterocycles. The second-order valence-electron chi connectivity index (χ2n) is 6.53. The van der Waals surface area contributed by atoms with E-state index in [0.717, 1.165) is 0 Å². The predicted molar refractivity (Wildman–Crippen MR) is 95.3 cm³/mol. The van der Waals surface area contributed by atoms with E-state index in [0.29, 0.717) is 0 Å². The predicted octanol–water partition coefficient (Wildman–Crippen LogP) is 4.36. The topological polar surface area (TPSA) is 6.48 Å². The van der Waals surface area contributed by atoms with E-state index in [2.05, 4.69) is 42.3 Å². The molecule has 0 rings (SSSR count). The third kappa shape index (κ3) is 12.5. The van der Waals surface area contributed by atoms with Gasteiger partial charge in [-0.05, 0) is 0 Å². The van der Waals surface area contributed by atoms with Crippen LogP contribution >= 0.6 is 0 Å². The molecule has 0 amide bonds. The van der Waals surface area contributed by atoms with Gasteiger partial charge in [0, 0.05) is 0 Å². The summed E-state index contributed by atoms with van der Waals surface area (Å²) in [5, 5.41) is 0. The Morgan fingerprint density at radius 2 is 1.20 bits per heavy atom. The van der Waals surface area contributed by atoms with Gasteiger partial charge in [0.2, 0.25) is 0 Å². The minimum absolute atomic E-state index is 1.11. The number of rotatable bonds is 14. The van der Waals surface area contributed by atoms with Crippen LogP contribution in [0.2, 0.25) is 13.0 Å². The first-order valence-corrected chi connectivity index (χ1v) is 17.0. The van der Waals surface area contributed by atoms with E-state index < -0.39 is 21.4 Å². The van der Waals surface area contributed by atoms with Gasteiger partial charge >= 0.3 is 137 Å². The zero-order chi connectivity index (χ0) is 15.2. The van der Waals surface area contributed by atoms with Gasteiger partial charge in [0.05, 0.1) is 0 Å². The molecule has 0 atom stereocenters. The summed E-state index contributed by atoms with van der Waals surface area (Å²) in [6.07, 6.45) is 6.84. The number of hydrogen-bond donors (Lipinski definition) is 0. The fourth-order valence-corrected chi connectivity index (χ4v) is 8.82. The van der Waals surface area contributed by atoms with Gasteiger partial charge in [0.1, 0.15) is 0 Å². The average Bonchev–Trinajstić information content (AvgIpc) is 2.39.